The average molecular weight is 1060 g/mol. The maximum atomic E-state index is 14.7. The fourth-order valence-corrected chi connectivity index (χ4v) is 8.47. The molecule has 76 heavy (non-hydrogen) atoms. The van der Waals surface area contributed by atoms with Gasteiger partial charge in [-0.1, -0.05) is 121 Å². The molecule has 0 radical (unpaired) electrons. The number of hydrogen-bond donors (Lipinski definition) is 8. The second-order valence-electron chi connectivity index (χ2n) is 20.3. The molecule has 7 amide bonds. The number of carboxylic acids is 1. The molecule has 0 saturated carbocycles. The summed E-state index contributed by atoms with van der Waals surface area (Å²) in [6.45, 7) is 17.4. The van der Waals surface area contributed by atoms with E-state index in [0.29, 0.717) is 12.0 Å². The van der Waals surface area contributed by atoms with Crippen molar-refractivity contribution in [2.45, 2.75) is 136 Å². The van der Waals surface area contributed by atoms with Crippen molar-refractivity contribution in [3.63, 3.8) is 0 Å². The molecule has 3 rings (SSSR count). The van der Waals surface area contributed by atoms with E-state index in [0.717, 1.165) is 23.1 Å². The van der Waals surface area contributed by atoms with E-state index in [4.69, 9.17) is 9.47 Å². The highest BCUT2D eigenvalue weighted by atomic mass is 16.5. The van der Waals surface area contributed by atoms with E-state index >= 15 is 0 Å². The van der Waals surface area contributed by atoms with E-state index in [9.17, 15) is 53.4 Å². The Balaban J connectivity index is 2.20. The highest BCUT2D eigenvalue weighted by Gasteiger charge is 2.38. The van der Waals surface area contributed by atoms with E-state index < -0.39 is 108 Å². The minimum atomic E-state index is -1.89. The third kappa shape index (κ3) is 19.7. The first-order chi connectivity index (χ1) is 35.8. The number of nitrogens with one attached hydrogen (secondary N) is 6. The summed E-state index contributed by atoms with van der Waals surface area (Å²) < 4.78 is 10.9. The molecule has 0 spiro atoms. The molecule has 0 aromatic heterocycles. The van der Waals surface area contributed by atoms with Crippen molar-refractivity contribution in [2.24, 2.45) is 29.6 Å². The molecule has 1 aliphatic heterocycles. The summed E-state index contributed by atoms with van der Waals surface area (Å²) in [4.78, 5) is 126. The van der Waals surface area contributed by atoms with Crippen LogP contribution in [0.1, 0.15) is 92.2 Å². The van der Waals surface area contributed by atoms with E-state index in [1.54, 1.807) is 47.0 Å². The lowest BCUT2D eigenvalue weighted by atomic mass is 9.94. The third-order valence-electron chi connectivity index (χ3n) is 13.2. The van der Waals surface area contributed by atoms with Gasteiger partial charge < -0.3 is 56.5 Å². The van der Waals surface area contributed by atoms with Crippen molar-refractivity contribution in [3.8, 4) is 5.75 Å². The van der Waals surface area contributed by atoms with E-state index in [1.165, 1.54) is 45.2 Å². The number of nitrogens with zero attached hydrogens (tertiary/aromatic N) is 1. The Morgan fingerprint density at radius 1 is 0.737 bits per heavy atom. The Hall–Kier alpha value is -7.35. The highest BCUT2D eigenvalue weighted by Crippen LogP contribution is 2.20. The van der Waals surface area contributed by atoms with Crippen molar-refractivity contribution in [3.05, 3.63) is 102 Å². The van der Waals surface area contributed by atoms with Crippen LogP contribution in [0.2, 0.25) is 0 Å². The number of phenolic OH excluding ortho intramolecular Hbond substituents is 1. The number of amides is 7. The van der Waals surface area contributed by atoms with Crippen LogP contribution in [0, 0.1) is 29.6 Å². The number of aliphatic carboxylic acids is 1. The maximum absolute atomic E-state index is 14.7. The lowest BCUT2D eigenvalue weighted by molar-refractivity contribution is -0.147. The molecule has 20 nitrogen and oxygen atoms in total. The summed E-state index contributed by atoms with van der Waals surface area (Å²) in [6, 6.07) is 7.09. The summed E-state index contributed by atoms with van der Waals surface area (Å²) in [5, 5.41) is 36.3. The molecule has 1 saturated heterocycles. The van der Waals surface area contributed by atoms with E-state index in [1.807, 2.05) is 50.3 Å². The highest BCUT2D eigenvalue weighted by molar-refractivity contribution is 6.00. The molecule has 1 heterocycles. The number of allylic oxidation sites excluding steroid dienone is 2. The molecular formula is C56H79N7O13. The predicted octanol–water partition coefficient (Wildman–Crippen LogP) is 3.63. The second-order valence-corrected chi connectivity index (χ2v) is 20.3. The van der Waals surface area contributed by atoms with Gasteiger partial charge in [-0.3, -0.25) is 33.6 Å². The van der Waals surface area contributed by atoms with Gasteiger partial charge in [0.15, 0.2) is 0 Å². The summed E-state index contributed by atoms with van der Waals surface area (Å²) in [6.07, 6.45) is 4.84. The predicted molar refractivity (Wildman–Crippen MR) is 284 cm³/mol. The Morgan fingerprint density at radius 2 is 1.29 bits per heavy atom. The van der Waals surface area contributed by atoms with Crippen LogP contribution in [0.15, 0.2) is 90.7 Å². The minimum Gasteiger partial charge on any atom is -0.508 e. The fraction of sp³-hybridized carbons (Fsp3) is 0.518. The largest absolute Gasteiger partial charge is 0.508 e. The Bertz CT molecular complexity index is 2420. The van der Waals surface area contributed by atoms with Gasteiger partial charge in [0.1, 0.15) is 41.7 Å². The lowest BCUT2D eigenvalue weighted by Gasteiger charge is -2.29. The first-order valence-electron chi connectivity index (χ1n) is 25.6. The number of benzene rings is 2. The molecule has 0 bridgehead atoms. The van der Waals surface area contributed by atoms with Crippen LogP contribution in [0.4, 0.5) is 0 Å². The zero-order chi connectivity index (χ0) is 57.0. The maximum Gasteiger partial charge on any atom is 0.328 e. The molecule has 20 heteroatoms. The smallest absolute Gasteiger partial charge is 0.328 e. The summed E-state index contributed by atoms with van der Waals surface area (Å²) >= 11 is 0. The van der Waals surface area contributed by atoms with E-state index in [-0.39, 0.29) is 61.0 Å². The van der Waals surface area contributed by atoms with Gasteiger partial charge in [-0.25, -0.2) is 9.59 Å². The van der Waals surface area contributed by atoms with Crippen molar-refractivity contribution >= 4 is 53.3 Å². The van der Waals surface area contributed by atoms with Crippen LogP contribution in [0.5, 0.6) is 5.75 Å². The SMILES string of the molecule is C=C1C(=O)N[C@H](CC(C)C)C(=O)N[C@@H](CC(C)C)C(=O)N[C@@H](C(=O)O)[C@H](C)C(=O)N[C@@H](Cc2ccc(O)cc2)C(=O)N[C@@H](/C=C/C(C)=C/[C@H](C)[C@H](Cc2ccccc2)OC)[C@H](C)C(=O)N[C@@H](C(=O)OC)CCC(=O)N1C. The van der Waals surface area contributed by atoms with Crippen molar-refractivity contribution in [2.75, 3.05) is 21.3 Å². The minimum absolute atomic E-state index is 0.0138. The van der Waals surface area contributed by atoms with Gasteiger partial charge in [0.25, 0.3) is 5.91 Å². The molecule has 2 aromatic rings. The number of esters is 1. The number of carbonyl (C=O) groups is 9. The summed E-state index contributed by atoms with van der Waals surface area (Å²) in [5.74, 6) is -11.7. The van der Waals surface area contributed by atoms with Gasteiger partial charge in [-0.15, -0.1) is 0 Å². The lowest BCUT2D eigenvalue weighted by Crippen LogP contribution is -2.59. The van der Waals surface area contributed by atoms with Gasteiger partial charge in [0.05, 0.1) is 31.1 Å². The van der Waals surface area contributed by atoms with E-state index in [2.05, 4.69) is 38.5 Å². The molecular weight excluding hydrogens is 979 g/mol. The fourth-order valence-electron chi connectivity index (χ4n) is 8.47. The van der Waals surface area contributed by atoms with Crippen molar-refractivity contribution < 1.29 is 62.8 Å². The Kier molecular flexibility index (Phi) is 25.1. The van der Waals surface area contributed by atoms with Gasteiger partial charge >= 0.3 is 11.9 Å². The molecule has 10 atom stereocenters. The number of ether oxygens (including phenoxy) is 2. The number of likely N-dealkylation sites (N-methyl/N-ethyl adjacent to an activating group) is 1. The normalized spacial score (nSPS) is 24.5. The number of rotatable bonds is 15. The monoisotopic (exact) mass is 1060 g/mol. The molecule has 0 aliphatic carbocycles. The number of carbonyl (C=O) groups excluding carboxylic acids is 8. The topological polar surface area (TPSA) is 288 Å². The van der Waals surface area contributed by atoms with Crippen LogP contribution < -0.4 is 31.9 Å². The zero-order valence-electron chi connectivity index (χ0n) is 45.6. The number of carboxylic acid groups (broad SMARTS) is 1. The molecule has 2 aromatic carbocycles. The molecule has 416 valence electrons. The van der Waals surface area contributed by atoms with Crippen LogP contribution in [-0.2, 0) is 65.5 Å². The molecule has 0 unspecified atom stereocenters. The Morgan fingerprint density at radius 3 is 1.86 bits per heavy atom. The van der Waals surface area contributed by atoms with Crippen LogP contribution in [0.3, 0.4) is 0 Å². The number of aromatic hydroxyl groups is 1. The van der Waals surface area contributed by atoms with Crippen molar-refractivity contribution in [1.29, 1.82) is 0 Å². The standard InChI is InChI=1S/C56H79N7O13/c1-31(2)26-43-52(69)61-44(27-32(3)4)54(71)62-48(55(72)73)36(8)50(67)59-45(29-39-19-21-40(64)22-20-39)53(70)57-41(23-18-33(5)28-34(6)46(75-11)30-38-16-14-13-15-17-38)35(7)49(66)58-42(56(74)76-12)24-25-47(65)63(10)37(9)51(68)60-43/h13-23,28,31-32,34-36,41-46,48,64H,9,24-27,29-30H2,1-8,10-12H3,(H,57,70)(H,58,66)(H,59,67)(H,60,68)(H,61,69)(H,62,71)(H,72,73)/b23-18+,33-28+/t34-,35-,36-,41-,42+,43+,44-,45-,46-,48+/m0/s1. The van der Waals surface area contributed by atoms with Crippen molar-refractivity contribution in [1.82, 2.24) is 36.8 Å². The summed E-state index contributed by atoms with van der Waals surface area (Å²) in [5.41, 5.74) is 1.91. The average Bonchev–Trinajstić information content (AvgIpc) is 3.37. The van der Waals surface area contributed by atoms with Crippen LogP contribution in [-0.4, -0.2) is 132 Å². The Labute approximate surface area is 446 Å². The number of phenols is 1. The first-order valence-corrected chi connectivity index (χ1v) is 25.6. The first kappa shape index (κ1) is 62.9. The third-order valence-corrected chi connectivity index (χ3v) is 13.2. The van der Waals surface area contributed by atoms with Crippen LogP contribution >= 0.6 is 0 Å². The summed E-state index contributed by atoms with van der Waals surface area (Å²) in [7, 11) is 4.00. The zero-order valence-corrected chi connectivity index (χ0v) is 45.6. The van der Waals surface area contributed by atoms with Gasteiger partial charge in [0, 0.05) is 32.9 Å². The molecule has 8 N–H and O–H groups in total. The quantitative estimate of drug-likeness (QED) is 0.0720. The van der Waals surface area contributed by atoms with Crippen LogP contribution in [0.25, 0.3) is 0 Å². The molecule has 1 fully saturated rings. The number of hydrogen-bond acceptors (Lipinski definition) is 12. The van der Waals surface area contributed by atoms with Gasteiger partial charge in [-0.05, 0) is 67.7 Å². The van der Waals surface area contributed by atoms with Gasteiger partial charge in [0.2, 0.25) is 35.4 Å². The molecule has 1 aliphatic rings. The van der Waals surface area contributed by atoms with Gasteiger partial charge in [-0.2, -0.15) is 0 Å². The second kappa shape index (κ2) is 30.3. The number of methoxy groups -OCH3 is 2.